The molecule has 0 saturated carbocycles. The minimum Gasteiger partial charge on any atom is -0.384 e. The number of nitrogens with one attached hydrogen (secondary N) is 1. The number of hydrogen-bond donors (Lipinski definition) is 1. The molecule has 18 heavy (non-hydrogen) atoms. The van der Waals surface area contributed by atoms with Crippen LogP contribution < -0.4 is 5.32 Å². The van der Waals surface area contributed by atoms with Gasteiger partial charge in [0.1, 0.15) is 6.61 Å². The van der Waals surface area contributed by atoms with E-state index in [-0.39, 0.29) is 18.6 Å². The molecule has 104 valence electrons. The molecular formula is C13H24N2O3. The first-order valence-corrected chi connectivity index (χ1v) is 6.88. The number of nitrogens with zero attached hydrogens (tertiary/aromatic N) is 1. The van der Waals surface area contributed by atoms with Crippen LogP contribution in [0.4, 0.5) is 0 Å². The second kappa shape index (κ2) is 7.07. The highest BCUT2D eigenvalue weighted by molar-refractivity contribution is 5.77. The average molecular weight is 256 g/mol. The molecule has 1 N–H and O–H groups in total. The summed E-state index contributed by atoms with van der Waals surface area (Å²) in [4.78, 5) is 13.9. The van der Waals surface area contributed by atoms with Crippen LogP contribution in [0, 0.1) is 5.92 Å². The standard InChI is InChI=1S/C13H24N2O3/c1-17-9-11-4-7-15(8-11)13(16)10-18-12-2-5-14-6-3-12/h11-12,14H,2-10H2,1H3. The Hall–Kier alpha value is -0.650. The van der Waals surface area contributed by atoms with E-state index in [1.165, 1.54) is 0 Å². The van der Waals surface area contributed by atoms with Gasteiger partial charge in [0.15, 0.2) is 0 Å². The topological polar surface area (TPSA) is 50.8 Å². The van der Waals surface area contributed by atoms with Gasteiger partial charge in [0.05, 0.1) is 12.7 Å². The molecule has 2 aliphatic heterocycles. The first kappa shape index (κ1) is 13.8. The van der Waals surface area contributed by atoms with Crippen LogP contribution in [0.3, 0.4) is 0 Å². The molecular weight excluding hydrogens is 232 g/mol. The van der Waals surface area contributed by atoms with Crippen molar-refractivity contribution in [2.45, 2.75) is 25.4 Å². The van der Waals surface area contributed by atoms with E-state index in [1.807, 2.05) is 4.90 Å². The zero-order valence-electron chi connectivity index (χ0n) is 11.2. The molecule has 1 unspecified atom stereocenters. The molecule has 5 heteroatoms. The molecule has 2 saturated heterocycles. The predicted octanol–water partition coefficient (Wildman–Crippen LogP) is 0.250. The molecule has 2 heterocycles. The third kappa shape index (κ3) is 3.93. The lowest BCUT2D eigenvalue weighted by atomic mass is 10.1. The highest BCUT2D eigenvalue weighted by atomic mass is 16.5. The van der Waals surface area contributed by atoms with Crippen molar-refractivity contribution in [2.75, 3.05) is 46.5 Å². The lowest BCUT2D eigenvalue weighted by Crippen LogP contribution is -2.37. The number of hydrogen-bond acceptors (Lipinski definition) is 4. The minimum atomic E-state index is 0.132. The van der Waals surface area contributed by atoms with Gasteiger partial charge in [0.2, 0.25) is 5.91 Å². The van der Waals surface area contributed by atoms with Crippen molar-refractivity contribution in [2.24, 2.45) is 5.92 Å². The van der Waals surface area contributed by atoms with Gasteiger partial charge >= 0.3 is 0 Å². The summed E-state index contributed by atoms with van der Waals surface area (Å²) in [7, 11) is 1.71. The van der Waals surface area contributed by atoms with Gasteiger partial charge in [-0.3, -0.25) is 4.79 Å². The number of methoxy groups -OCH3 is 1. The number of ether oxygens (including phenoxy) is 2. The number of piperidine rings is 1. The first-order chi connectivity index (χ1) is 8.79. The van der Waals surface area contributed by atoms with Crippen molar-refractivity contribution in [3.05, 3.63) is 0 Å². The molecule has 2 aliphatic rings. The van der Waals surface area contributed by atoms with Crippen molar-refractivity contribution in [1.29, 1.82) is 0 Å². The molecule has 2 rings (SSSR count). The zero-order chi connectivity index (χ0) is 12.8. The highest BCUT2D eigenvalue weighted by Crippen LogP contribution is 2.17. The van der Waals surface area contributed by atoms with Gasteiger partial charge in [0.25, 0.3) is 0 Å². The van der Waals surface area contributed by atoms with Gasteiger partial charge in [-0.2, -0.15) is 0 Å². The Morgan fingerprint density at radius 1 is 1.33 bits per heavy atom. The summed E-state index contributed by atoms with van der Waals surface area (Å²) < 4.78 is 10.8. The Labute approximate surface area is 109 Å². The number of carbonyl (C=O) groups is 1. The molecule has 0 spiro atoms. The first-order valence-electron chi connectivity index (χ1n) is 6.88. The van der Waals surface area contributed by atoms with Crippen LogP contribution in [-0.4, -0.2) is 63.4 Å². The van der Waals surface area contributed by atoms with E-state index in [1.54, 1.807) is 7.11 Å². The van der Waals surface area contributed by atoms with Crippen LogP contribution in [0.25, 0.3) is 0 Å². The van der Waals surface area contributed by atoms with E-state index in [2.05, 4.69) is 5.32 Å². The SMILES string of the molecule is COCC1CCN(C(=O)COC2CCNCC2)C1. The molecule has 1 atom stereocenters. The average Bonchev–Trinajstić information content (AvgIpc) is 2.86. The Kier molecular flexibility index (Phi) is 5.41. The Morgan fingerprint density at radius 3 is 2.83 bits per heavy atom. The molecule has 0 aromatic carbocycles. The molecule has 0 aromatic rings. The molecule has 1 amide bonds. The Balaban J connectivity index is 1.65. The van der Waals surface area contributed by atoms with E-state index in [4.69, 9.17) is 9.47 Å². The summed E-state index contributed by atoms with van der Waals surface area (Å²) in [5.41, 5.74) is 0. The summed E-state index contributed by atoms with van der Waals surface area (Å²) in [6.45, 7) is 4.66. The summed E-state index contributed by atoms with van der Waals surface area (Å²) in [5.74, 6) is 0.630. The monoisotopic (exact) mass is 256 g/mol. The van der Waals surface area contributed by atoms with Gasteiger partial charge in [-0.15, -0.1) is 0 Å². The maximum Gasteiger partial charge on any atom is 0.248 e. The summed E-state index contributed by atoms with van der Waals surface area (Å²) in [6, 6.07) is 0. The van der Waals surface area contributed by atoms with Gasteiger partial charge in [-0.05, 0) is 32.4 Å². The van der Waals surface area contributed by atoms with Crippen LogP contribution >= 0.6 is 0 Å². The van der Waals surface area contributed by atoms with Crippen molar-refractivity contribution in [1.82, 2.24) is 10.2 Å². The van der Waals surface area contributed by atoms with Crippen molar-refractivity contribution >= 4 is 5.91 Å². The van der Waals surface area contributed by atoms with E-state index in [0.29, 0.717) is 5.92 Å². The van der Waals surface area contributed by atoms with Crippen LogP contribution in [-0.2, 0) is 14.3 Å². The molecule has 0 aromatic heterocycles. The summed E-state index contributed by atoms with van der Waals surface area (Å²) >= 11 is 0. The van der Waals surface area contributed by atoms with Crippen LogP contribution in [0.2, 0.25) is 0 Å². The second-order valence-electron chi connectivity index (χ2n) is 5.21. The van der Waals surface area contributed by atoms with Crippen molar-refractivity contribution < 1.29 is 14.3 Å². The normalized spacial score (nSPS) is 25.6. The maximum absolute atomic E-state index is 12.0. The number of rotatable bonds is 5. The van der Waals surface area contributed by atoms with Crippen LogP contribution in [0.1, 0.15) is 19.3 Å². The Bertz CT molecular complexity index is 267. The number of amides is 1. The predicted molar refractivity (Wildman–Crippen MR) is 68.4 cm³/mol. The Morgan fingerprint density at radius 2 is 2.11 bits per heavy atom. The molecule has 0 radical (unpaired) electrons. The van der Waals surface area contributed by atoms with Crippen LogP contribution in [0.15, 0.2) is 0 Å². The van der Waals surface area contributed by atoms with E-state index in [9.17, 15) is 4.79 Å². The molecule has 2 fully saturated rings. The lowest BCUT2D eigenvalue weighted by molar-refractivity contribution is -0.137. The number of carbonyl (C=O) groups excluding carboxylic acids is 1. The second-order valence-corrected chi connectivity index (χ2v) is 5.21. The quantitative estimate of drug-likeness (QED) is 0.766. The van der Waals surface area contributed by atoms with Gasteiger partial charge in [-0.25, -0.2) is 0 Å². The van der Waals surface area contributed by atoms with E-state index < -0.39 is 0 Å². The van der Waals surface area contributed by atoms with Crippen LogP contribution in [0.5, 0.6) is 0 Å². The van der Waals surface area contributed by atoms with Gasteiger partial charge in [-0.1, -0.05) is 0 Å². The largest absolute Gasteiger partial charge is 0.384 e. The van der Waals surface area contributed by atoms with E-state index in [0.717, 1.165) is 52.0 Å². The molecule has 5 nitrogen and oxygen atoms in total. The fourth-order valence-corrected chi connectivity index (χ4v) is 2.67. The van der Waals surface area contributed by atoms with Gasteiger partial charge in [0, 0.05) is 26.1 Å². The number of likely N-dealkylation sites (tertiary alicyclic amines) is 1. The molecule has 0 bridgehead atoms. The third-order valence-electron chi connectivity index (χ3n) is 3.77. The van der Waals surface area contributed by atoms with Gasteiger partial charge < -0.3 is 19.7 Å². The maximum atomic E-state index is 12.0. The van der Waals surface area contributed by atoms with E-state index >= 15 is 0 Å². The fourth-order valence-electron chi connectivity index (χ4n) is 2.67. The summed E-state index contributed by atoms with van der Waals surface area (Å²) in [5, 5.41) is 3.29. The fraction of sp³-hybridized carbons (Fsp3) is 0.923. The van der Waals surface area contributed by atoms with Crippen molar-refractivity contribution in [3.63, 3.8) is 0 Å². The third-order valence-corrected chi connectivity index (χ3v) is 3.77. The highest BCUT2D eigenvalue weighted by Gasteiger charge is 2.26. The lowest BCUT2D eigenvalue weighted by Gasteiger charge is -2.24. The zero-order valence-corrected chi connectivity index (χ0v) is 11.2. The smallest absolute Gasteiger partial charge is 0.248 e. The van der Waals surface area contributed by atoms with Crippen molar-refractivity contribution in [3.8, 4) is 0 Å². The minimum absolute atomic E-state index is 0.132. The summed E-state index contributed by atoms with van der Waals surface area (Å²) in [6.07, 6.45) is 3.33. The molecule has 0 aliphatic carbocycles.